The van der Waals surface area contributed by atoms with E-state index in [9.17, 15) is 18.7 Å². The number of aliphatic hydroxyl groups excluding tert-OH is 1. The van der Waals surface area contributed by atoms with Gasteiger partial charge in [-0.25, -0.2) is 13.5 Å². The molecule has 1 saturated heterocycles. The summed E-state index contributed by atoms with van der Waals surface area (Å²) in [7, 11) is 0. The number of nitrogens with one attached hydrogen (secondary N) is 1. The second-order valence-corrected chi connectivity index (χ2v) is 10.4. The maximum Gasteiger partial charge on any atom is 0.234 e. The summed E-state index contributed by atoms with van der Waals surface area (Å²) in [4.78, 5) is 16.9. The standard InChI is InChI=1S/C29H37F2N5O3/c1-21(2)15-26-16-24(33-36(26)25-7-3-22(30)4-8-25)17-32-29(38)19-35-13-11-34(12-14-35)18-27(37)20-39-28-9-5-23(31)6-10-28/h3-10,16,21,27,37H,11-15,17-20H2,1-2H3,(H,32,38). The monoisotopic (exact) mass is 541 g/mol. The van der Waals surface area contributed by atoms with Crippen LogP contribution in [0.25, 0.3) is 5.69 Å². The van der Waals surface area contributed by atoms with Crippen LogP contribution in [0.4, 0.5) is 8.78 Å². The van der Waals surface area contributed by atoms with Crippen molar-refractivity contribution >= 4 is 5.91 Å². The second kappa shape index (κ2) is 13.6. The topological polar surface area (TPSA) is 82.9 Å². The number of halogens is 2. The van der Waals surface area contributed by atoms with Crippen LogP contribution < -0.4 is 10.1 Å². The Kier molecular flexibility index (Phi) is 10.0. The van der Waals surface area contributed by atoms with Crippen LogP contribution in [0.3, 0.4) is 0 Å². The lowest BCUT2D eigenvalue weighted by molar-refractivity contribution is -0.122. The van der Waals surface area contributed by atoms with Crippen LogP contribution in [0.15, 0.2) is 54.6 Å². The number of aliphatic hydroxyl groups is 1. The maximum absolute atomic E-state index is 13.4. The van der Waals surface area contributed by atoms with Gasteiger partial charge in [-0.15, -0.1) is 0 Å². The van der Waals surface area contributed by atoms with E-state index in [0.717, 1.165) is 49.7 Å². The predicted octanol–water partition coefficient (Wildman–Crippen LogP) is 3.02. The zero-order valence-corrected chi connectivity index (χ0v) is 22.5. The summed E-state index contributed by atoms with van der Waals surface area (Å²) in [6, 6.07) is 13.9. The quantitative estimate of drug-likeness (QED) is 0.367. The van der Waals surface area contributed by atoms with Gasteiger partial charge in [-0.3, -0.25) is 14.6 Å². The summed E-state index contributed by atoms with van der Waals surface area (Å²) in [6.07, 6.45) is 0.149. The molecule has 10 heteroatoms. The third-order valence-corrected chi connectivity index (χ3v) is 6.55. The van der Waals surface area contributed by atoms with Crippen LogP contribution in [0.5, 0.6) is 5.75 Å². The molecule has 1 unspecified atom stereocenters. The zero-order valence-electron chi connectivity index (χ0n) is 22.5. The van der Waals surface area contributed by atoms with Crippen LogP contribution in [0.2, 0.25) is 0 Å². The molecule has 3 aromatic rings. The van der Waals surface area contributed by atoms with Crippen molar-refractivity contribution in [3.63, 3.8) is 0 Å². The molecule has 1 aliphatic rings. The minimum atomic E-state index is -0.666. The van der Waals surface area contributed by atoms with Gasteiger partial charge in [0.1, 0.15) is 30.1 Å². The molecule has 8 nitrogen and oxygen atoms in total. The lowest BCUT2D eigenvalue weighted by Crippen LogP contribution is -2.51. The van der Waals surface area contributed by atoms with Gasteiger partial charge in [-0.1, -0.05) is 13.8 Å². The summed E-state index contributed by atoms with van der Waals surface area (Å²) in [6.45, 7) is 8.38. The van der Waals surface area contributed by atoms with Crippen molar-refractivity contribution in [2.45, 2.75) is 32.9 Å². The van der Waals surface area contributed by atoms with Crippen molar-refractivity contribution in [2.75, 3.05) is 45.9 Å². The highest BCUT2D eigenvalue weighted by atomic mass is 19.1. The Morgan fingerprint density at radius 2 is 1.62 bits per heavy atom. The molecule has 0 bridgehead atoms. The van der Waals surface area contributed by atoms with E-state index in [0.29, 0.717) is 31.3 Å². The summed E-state index contributed by atoms with van der Waals surface area (Å²) >= 11 is 0. The molecule has 2 N–H and O–H groups in total. The smallest absolute Gasteiger partial charge is 0.234 e. The van der Waals surface area contributed by atoms with Gasteiger partial charge < -0.3 is 15.2 Å². The van der Waals surface area contributed by atoms with E-state index in [1.165, 1.54) is 36.4 Å². The number of hydrogen-bond donors (Lipinski definition) is 2. The van der Waals surface area contributed by atoms with Crippen molar-refractivity contribution < 1.29 is 23.4 Å². The number of carbonyl (C=O) groups excluding carboxylic acids is 1. The molecule has 1 fully saturated rings. The van der Waals surface area contributed by atoms with Gasteiger partial charge in [-0.05, 0) is 66.9 Å². The number of ether oxygens (including phenoxy) is 1. The maximum atomic E-state index is 13.4. The van der Waals surface area contributed by atoms with Gasteiger partial charge in [0.05, 0.1) is 24.5 Å². The van der Waals surface area contributed by atoms with E-state index < -0.39 is 6.10 Å². The van der Waals surface area contributed by atoms with E-state index in [2.05, 4.69) is 34.1 Å². The van der Waals surface area contributed by atoms with Crippen LogP contribution in [-0.4, -0.2) is 82.6 Å². The average molecular weight is 542 g/mol. The molecular weight excluding hydrogens is 504 g/mol. The molecule has 1 amide bonds. The summed E-state index contributed by atoms with van der Waals surface area (Å²) in [5.74, 6) is 0.243. The van der Waals surface area contributed by atoms with Gasteiger partial charge in [0.15, 0.2) is 0 Å². The third kappa shape index (κ3) is 8.84. The summed E-state index contributed by atoms with van der Waals surface area (Å²) in [5, 5.41) is 18.0. The van der Waals surface area contributed by atoms with Gasteiger partial charge >= 0.3 is 0 Å². The first-order valence-electron chi connectivity index (χ1n) is 13.4. The van der Waals surface area contributed by atoms with Crippen LogP contribution in [0.1, 0.15) is 25.2 Å². The van der Waals surface area contributed by atoms with Crippen LogP contribution in [0, 0.1) is 17.6 Å². The number of piperazine rings is 1. The second-order valence-electron chi connectivity index (χ2n) is 10.4. The van der Waals surface area contributed by atoms with E-state index >= 15 is 0 Å². The number of amides is 1. The molecular formula is C29H37F2N5O3. The molecule has 1 aliphatic heterocycles. The zero-order chi connectivity index (χ0) is 27.8. The lowest BCUT2D eigenvalue weighted by Gasteiger charge is -2.35. The average Bonchev–Trinajstić information content (AvgIpc) is 3.30. The van der Waals surface area contributed by atoms with Gasteiger partial charge in [-0.2, -0.15) is 5.10 Å². The van der Waals surface area contributed by atoms with Gasteiger partial charge in [0.25, 0.3) is 0 Å². The number of aromatic nitrogens is 2. The Labute approximate surface area is 228 Å². The number of nitrogens with zero attached hydrogens (tertiary/aromatic N) is 4. The Morgan fingerprint density at radius 3 is 2.26 bits per heavy atom. The minimum Gasteiger partial charge on any atom is -0.491 e. The van der Waals surface area contributed by atoms with Crippen LogP contribution >= 0.6 is 0 Å². The van der Waals surface area contributed by atoms with E-state index in [1.54, 1.807) is 12.1 Å². The fraction of sp³-hybridized carbons (Fsp3) is 0.448. The normalized spacial score (nSPS) is 15.4. The Balaban J connectivity index is 1.19. The molecule has 210 valence electrons. The first-order valence-corrected chi connectivity index (χ1v) is 13.4. The van der Waals surface area contributed by atoms with Crippen molar-refractivity contribution in [3.05, 3.63) is 77.6 Å². The number of rotatable bonds is 12. The predicted molar refractivity (Wildman–Crippen MR) is 145 cm³/mol. The van der Waals surface area contributed by atoms with E-state index in [4.69, 9.17) is 4.74 Å². The molecule has 2 aromatic carbocycles. The molecule has 39 heavy (non-hydrogen) atoms. The Bertz CT molecular complexity index is 1190. The third-order valence-electron chi connectivity index (χ3n) is 6.55. The first-order chi connectivity index (χ1) is 18.7. The number of β-amino-alcohol motifs (C(OH)–C–C–N with tert-alkyl or cyclic N) is 1. The van der Waals surface area contributed by atoms with E-state index in [-0.39, 0.29) is 24.1 Å². The van der Waals surface area contributed by atoms with Gasteiger partial charge in [0, 0.05) is 38.4 Å². The highest BCUT2D eigenvalue weighted by Crippen LogP contribution is 2.17. The molecule has 1 aromatic heterocycles. The number of carbonyl (C=O) groups is 1. The molecule has 0 radical (unpaired) electrons. The summed E-state index contributed by atoms with van der Waals surface area (Å²) in [5.41, 5.74) is 2.56. The minimum absolute atomic E-state index is 0.0714. The molecule has 1 atom stereocenters. The Morgan fingerprint density at radius 1 is 1.00 bits per heavy atom. The molecule has 0 aliphatic carbocycles. The highest BCUT2D eigenvalue weighted by Gasteiger charge is 2.21. The fourth-order valence-corrected chi connectivity index (χ4v) is 4.58. The van der Waals surface area contributed by atoms with Crippen LogP contribution in [-0.2, 0) is 17.8 Å². The largest absolute Gasteiger partial charge is 0.491 e. The highest BCUT2D eigenvalue weighted by molar-refractivity contribution is 5.78. The van der Waals surface area contributed by atoms with Gasteiger partial charge in [0.2, 0.25) is 5.91 Å². The van der Waals surface area contributed by atoms with Crippen molar-refractivity contribution in [2.24, 2.45) is 5.92 Å². The Hall–Kier alpha value is -3.34. The molecule has 2 heterocycles. The van der Waals surface area contributed by atoms with E-state index in [1.807, 2.05) is 10.7 Å². The first kappa shape index (κ1) is 28.7. The number of hydrogen-bond acceptors (Lipinski definition) is 6. The SMILES string of the molecule is CC(C)Cc1cc(CNC(=O)CN2CCN(CC(O)COc3ccc(F)cc3)CC2)nn1-c1ccc(F)cc1. The lowest BCUT2D eigenvalue weighted by atomic mass is 10.1. The molecule has 0 spiro atoms. The fourth-order valence-electron chi connectivity index (χ4n) is 4.58. The molecule has 0 saturated carbocycles. The van der Waals surface area contributed by atoms with Crippen molar-refractivity contribution in [1.82, 2.24) is 24.9 Å². The summed E-state index contributed by atoms with van der Waals surface area (Å²) < 4.78 is 33.7. The molecule has 4 rings (SSSR count). The number of benzene rings is 2. The van der Waals surface area contributed by atoms with Crippen molar-refractivity contribution in [3.8, 4) is 11.4 Å². The van der Waals surface area contributed by atoms with Crippen molar-refractivity contribution in [1.29, 1.82) is 0 Å².